The van der Waals surface area contributed by atoms with Gasteiger partial charge in [0.05, 0.1) is 5.69 Å². The minimum absolute atomic E-state index is 0.0123. The predicted molar refractivity (Wildman–Crippen MR) is 80.2 cm³/mol. The first kappa shape index (κ1) is 13.8. The lowest BCUT2D eigenvalue weighted by Crippen LogP contribution is -2.23. The fourth-order valence-electron chi connectivity index (χ4n) is 2.33. The third-order valence-corrected chi connectivity index (χ3v) is 3.59. The Hall–Kier alpha value is -1.61. The predicted octanol–water partition coefficient (Wildman–Crippen LogP) is 3.32. The topological polar surface area (TPSA) is 54.7 Å². The van der Waals surface area contributed by atoms with Crippen LogP contribution in [0.2, 0.25) is 0 Å². The smallest absolute Gasteiger partial charge is 0.112 e. The summed E-state index contributed by atoms with van der Waals surface area (Å²) in [5.41, 5.74) is 10.3. The Labute approximate surface area is 115 Å². The lowest BCUT2D eigenvalue weighted by Gasteiger charge is -2.20. The van der Waals surface area contributed by atoms with Crippen LogP contribution in [0.25, 0.3) is 11.3 Å². The molecular weight excluding hydrogens is 234 g/mol. The van der Waals surface area contributed by atoms with Gasteiger partial charge in [-0.25, -0.2) is 4.98 Å². The minimum Gasteiger partial charge on any atom is -0.345 e. The molecule has 0 atom stereocenters. The Kier molecular flexibility index (Phi) is 3.76. The second kappa shape index (κ2) is 5.17. The average molecular weight is 257 g/mol. The van der Waals surface area contributed by atoms with Gasteiger partial charge in [-0.1, -0.05) is 37.6 Å². The molecule has 2 aromatic rings. The van der Waals surface area contributed by atoms with Crippen molar-refractivity contribution in [1.82, 2.24) is 9.97 Å². The van der Waals surface area contributed by atoms with Crippen LogP contribution in [-0.4, -0.2) is 16.5 Å². The molecule has 1 aromatic carbocycles. The number of nitrogens with one attached hydrogen (secondary N) is 1. The lowest BCUT2D eigenvalue weighted by molar-refractivity contribution is 0.461. The molecular formula is C16H23N3. The van der Waals surface area contributed by atoms with Crippen molar-refractivity contribution in [2.45, 2.75) is 39.5 Å². The van der Waals surface area contributed by atoms with E-state index in [0.29, 0.717) is 6.54 Å². The number of aromatic amines is 1. The Bertz CT molecular complexity index is 567. The summed E-state index contributed by atoms with van der Waals surface area (Å²) in [5, 5.41) is 0. The van der Waals surface area contributed by atoms with Gasteiger partial charge in [-0.2, -0.15) is 0 Å². The van der Waals surface area contributed by atoms with Crippen LogP contribution in [0.15, 0.2) is 24.3 Å². The number of nitrogens with zero attached hydrogens (tertiary/aromatic N) is 1. The second-order valence-electron chi connectivity index (χ2n) is 5.85. The Morgan fingerprint density at radius 3 is 2.63 bits per heavy atom. The van der Waals surface area contributed by atoms with Gasteiger partial charge < -0.3 is 10.7 Å². The molecule has 0 radical (unpaired) electrons. The van der Waals surface area contributed by atoms with E-state index in [1.54, 1.807) is 0 Å². The average Bonchev–Trinajstić information content (AvgIpc) is 2.72. The van der Waals surface area contributed by atoms with Crippen LogP contribution in [0.5, 0.6) is 0 Å². The monoisotopic (exact) mass is 257 g/mol. The van der Waals surface area contributed by atoms with Gasteiger partial charge in [-0.15, -0.1) is 0 Å². The molecule has 1 heterocycles. The van der Waals surface area contributed by atoms with Crippen molar-refractivity contribution < 1.29 is 0 Å². The SMILES string of the molecule is Cc1cccc(-c2nc(C(C)(C)CCN)[nH]c2C)c1. The highest BCUT2D eigenvalue weighted by Gasteiger charge is 2.24. The highest BCUT2D eigenvalue weighted by molar-refractivity contribution is 5.62. The highest BCUT2D eigenvalue weighted by atomic mass is 15.0. The van der Waals surface area contributed by atoms with Gasteiger partial charge >= 0.3 is 0 Å². The molecule has 0 aliphatic carbocycles. The molecule has 102 valence electrons. The third-order valence-electron chi connectivity index (χ3n) is 3.59. The van der Waals surface area contributed by atoms with Crippen LogP contribution in [0.3, 0.4) is 0 Å². The molecule has 0 spiro atoms. The van der Waals surface area contributed by atoms with Crippen LogP contribution in [0.4, 0.5) is 0 Å². The van der Waals surface area contributed by atoms with Crippen molar-refractivity contribution in [2.75, 3.05) is 6.54 Å². The van der Waals surface area contributed by atoms with Gasteiger partial charge in [0.25, 0.3) is 0 Å². The van der Waals surface area contributed by atoms with Crippen molar-refractivity contribution in [3.05, 3.63) is 41.3 Å². The van der Waals surface area contributed by atoms with Crippen LogP contribution < -0.4 is 5.73 Å². The molecule has 19 heavy (non-hydrogen) atoms. The van der Waals surface area contributed by atoms with E-state index in [-0.39, 0.29) is 5.41 Å². The maximum atomic E-state index is 5.69. The number of nitrogens with two attached hydrogens (primary N) is 1. The summed E-state index contributed by atoms with van der Waals surface area (Å²) in [5.74, 6) is 1.02. The van der Waals surface area contributed by atoms with Crippen LogP contribution in [0.1, 0.15) is 37.4 Å². The summed E-state index contributed by atoms with van der Waals surface area (Å²) in [6.45, 7) is 9.21. The zero-order chi connectivity index (χ0) is 14.0. The molecule has 0 aliphatic rings. The summed E-state index contributed by atoms with van der Waals surface area (Å²) in [6, 6.07) is 8.45. The highest BCUT2D eigenvalue weighted by Crippen LogP contribution is 2.29. The van der Waals surface area contributed by atoms with Crippen molar-refractivity contribution in [2.24, 2.45) is 5.73 Å². The zero-order valence-corrected chi connectivity index (χ0v) is 12.2. The summed E-state index contributed by atoms with van der Waals surface area (Å²) >= 11 is 0. The second-order valence-corrected chi connectivity index (χ2v) is 5.85. The van der Waals surface area contributed by atoms with Crippen molar-refractivity contribution in [3.63, 3.8) is 0 Å². The molecule has 0 unspecified atom stereocenters. The number of hydrogen-bond donors (Lipinski definition) is 2. The Balaban J connectivity index is 2.42. The van der Waals surface area contributed by atoms with Gasteiger partial charge in [0.1, 0.15) is 5.82 Å². The lowest BCUT2D eigenvalue weighted by atomic mass is 9.88. The Morgan fingerprint density at radius 2 is 2.00 bits per heavy atom. The molecule has 3 nitrogen and oxygen atoms in total. The molecule has 0 amide bonds. The summed E-state index contributed by atoms with van der Waals surface area (Å²) < 4.78 is 0. The normalized spacial score (nSPS) is 11.8. The van der Waals surface area contributed by atoms with E-state index in [2.05, 4.69) is 56.9 Å². The van der Waals surface area contributed by atoms with E-state index < -0.39 is 0 Å². The molecule has 0 saturated heterocycles. The van der Waals surface area contributed by atoms with E-state index in [1.807, 2.05) is 0 Å². The first-order chi connectivity index (χ1) is 8.94. The van der Waals surface area contributed by atoms with Crippen molar-refractivity contribution >= 4 is 0 Å². The van der Waals surface area contributed by atoms with Gasteiger partial charge in [0.15, 0.2) is 0 Å². The number of aryl methyl sites for hydroxylation is 2. The number of rotatable bonds is 4. The van der Waals surface area contributed by atoms with Gasteiger partial charge in [0.2, 0.25) is 0 Å². The fraction of sp³-hybridized carbons (Fsp3) is 0.438. The summed E-state index contributed by atoms with van der Waals surface area (Å²) in [6.07, 6.45) is 0.924. The van der Waals surface area contributed by atoms with Gasteiger partial charge in [0, 0.05) is 16.7 Å². The first-order valence-electron chi connectivity index (χ1n) is 6.78. The Morgan fingerprint density at radius 1 is 1.26 bits per heavy atom. The van der Waals surface area contributed by atoms with Gasteiger partial charge in [-0.05, 0) is 32.9 Å². The largest absolute Gasteiger partial charge is 0.345 e. The van der Waals surface area contributed by atoms with E-state index in [0.717, 1.165) is 23.6 Å². The van der Waals surface area contributed by atoms with E-state index in [1.165, 1.54) is 11.1 Å². The van der Waals surface area contributed by atoms with Crippen molar-refractivity contribution in [1.29, 1.82) is 0 Å². The van der Waals surface area contributed by atoms with Crippen LogP contribution in [-0.2, 0) is 5.41 Å². The van der Waals surface area contributed by atoms with E-state index >= 15 is 0 Å². The maximum absolute atomic E-state index is 5.69. The molecule has 3 N–H and O–H groups in total. The molecule has 1 aromatic heterocycles. The molecule has 0 saturated carbocycles. The number of imidazole rings is 1. The standard InChI is InChI=1S/C16H23N3/c1-11-6-5-7-13(10-11)14-12(2)18-15(19-14)16(3,4)8-9-17/h5-7,10H,8-9,17H2,1-4H3,(H,18,19). The molecule has 0 aliphatic heterocycles. The number of aromatic nitrogens is 2. The third kappa shape index (κ3) is 2.87. The molecule has 2 rings (SSSR count). The molecule has 3 heteroatoms. The number of hydrogen-bond acceptors (Lipinski definition) is 2. The van der Waals surface area contributed by atoms with E-state index in [9.17, 15) is 0 Å². The summed E-state index contributed by atoms with van der Waals surface area (Å²) in [4.78, 5) is 8.22. The van der Waals surface area contributed by atoms with Crippen LogP contribution in [0, 0.1) is 13.8 Å². The minimum atomic E-state index is -0.0123. The number of benzene rings is 1. The number of H-pyrrole nitrogens is 1. The van der Waals surface area contributed by atoms with Gasteiger partial charge in [-0.3, -0.25) is 0 Å². The zero-order valence-electron chi connectivity index (χ0n) is 12.2. The summed E-state index contributed by atoms with van der Waals surface area (Å²) in [7, 11) is 0. The first-order valence-corrected chi connectivity index (χ1v) is 6.78. The molecule has 0 bridgehead atoms. The quantitative estimate of drug-likeness (QED) is 0.882. The molecule has 0 fully saturated rings. The van der Waals surface area contributed by atoms with Crippen molar-refractivity contribution in [3.8, 4) is 11.3 Å². The van der Waals surface area contributed by atoms with E-state index in [4.69, 9.17) is 10.7 Å². The maximum Gasteiger partial charge on any atom is 0.112 e. The fourth-order valence-corrected chi connectivity index (χ4v) is 2.33. The van der Waals surface area contributed by atoms with Crippen LogP contribution >= 0.6 is 0 Å².